The van der Waals surface area contributed by atoms with Crippen molar-refractivity contribution >= 4 is 11.4 Å². The second-order valence-corrected chi connectivity index (χ2v) is 3.58. The Kier molecular flexibility index (Phi) is 2.68. The molecule has 3 nitrogen and oxygen atoms in total. The summed E-state index contributed by atoms with van der Waals surface area (Å²) in [5.74, 6) is 0.689. The van der Waals surface area contributed by atoms with Gasteiger partial charge in [-0.15, -0.1) is 0 Å². The lowest BCUT2D eigenvalue weighted by Gasteiger charge is -2.07. The van der Waals surface area contributed by atoms with E-state index in [1.165, 1.54) is 0 Å². The van der Waals surface area contributed by atoms with E-state index in [-0.39, 0.29) is 0 Å². The summed E-state index contributed by atoms with van der Waals surface area (Å²) in [7, 11) is 1.61. The van der Waals surface area contributed by atoms with Gasteiger partial charge in [0, 0.05) is 5.69 Å². The Morgan fingerprint density at radius 2 is 1.50 bits per heavy atom. The maximum Gasteiger partial charge on any atom is 0.142 e. The van der Waals surface area contributed by atoms with E-state index in [1.807, 2.05) is 42.5 Å². The molecule has 0 fully saturated rings. The third kappa shape index (κ3) is 1.93. The standard InChI is InChI=1S/C13H14N2O/c1-16-13-8-10(4-7-12(13)15)9-2-5-11(14)6-3-9/h2-8H,14-15H2,1H3. The molecule has 0 spiro atoms. The lowest BCUT2D eigenvalue weighted by Crippen LogP contribution is -1.92. The van der Waals surface area contributed by atoms with Crippen molar-refractivity contribution in [2.75, 3.05) is 18.6 Å². The number of benzene rings is 2. The van der Waals surface area contributed by atoms with Crippen molar-refractivity contribution in [1.29, 1.82) is 0 Å². The molecule has 2 aromatic rings. The topological polar surface area (TPSA) is 61.3 Å². The highest BCUT2D eigenvalue weighted by atomic mass is 16.5. The number of hydrogen-bond acceptors (Lipinski definition) is 3. The third-order valence-electron chi connectivity index (χ3n) is 2.48. The van der Waals surface area contributed by atoms with Crippen LogP contribution in [0.25, 0.3) is 11.1 Å². The molecule has 0 saturated carbocycles. The Bertz CT molecular complexity index is 492. The molecule has 2 rings (SSSR count). The van der Waals surface area contributed by atoms with Crippen LogP contribution in [0, 0.1) is 0 Å². The van der Waals surface area contributed by atoms with Crippen molar-refractivity contribution < 1.29 is 4.74 Å². The van der Waals surface area contributed by atoms with Crippen molar-refractivity contribution in [1.82, 2.24) is 0 Å². The van der Waals surface area contributed by atoms with Gasteiger partial charge in [0.15, 0.2) is 0 Å². The summed E-state index contributed by atoms with van der Waals surface area (Å²) in [4.78, 5) is 0. The lowest BCUT2D eigenvalue weighted by atomic mass is 10.0. The Labute approximate surface area is 94.6 Å². The Hall–Kier alpha value is -2.16. The van der Waals surface area contributed by atoms with E-state index in [0.29, 0.717) is 11.4 Å². The fourth-order valence-electron chi connectivity index (χ4n) is 1.57. The first kappa shape index (κ1) is 10.4. The first-order chi connectivity index (χ1) is 7.70. The molecule has 16 heavy (non-hydrogen) atoms. The molecule has 0 bridgehead atoms. The summed E-state index contributed by atoms with van der Waals surface area (Å²) in [6.45, 7) is 0. The van der Waals surface area contributed by atoms with Crippen LogP contribution in [0.3, 0.4) is 0 Å². The minimum Gasteiger partial charge on any atom is -0.495 e. The molecular formula is C13H14N2O. The van der Waals surface area contributed by atoms with Gasteiger partial charge in [-0.3, -0.25) is 0 Å². The summed E-state index contributed by atoms with van der Waals surface area (Å²) < 4.78 is 5.18. The first-order valence-electron chi connectivity index (χ1n) is 5.00. The zero-order chi connectivity index (χ0) is 11.5. The van der Waals surface area contributed by atoms with E-state index in [0.717, 1.165) is 16.8 Å². The van der Waals surface area contributed by atoms with Gasteiger partial charge in [0.2, 0.25) is 0 Å². The van der Waals surface area contributed by atoms with Crippen LogP contribution in [-0.4, -0.2) is 7.11 Å². The average Bonchev–Trinajstić information content (AvgIpc) is 2.31. The maximum absolute atomic E-state index is 5.76. The summed E-state index contributed by atoms with van der Waals surface area (Å²) in [6.07, 6.45) is 0. The zero-order valence-corrected chi connectivity index (χ0v) is 9.10. The second kappa shape index (κ2) is 4.14. The zero-order valence-electron chi connectivity index (χ0n) is 9.10. The molecule has 0 aromatic heterocycles. The predicted octanol–water partition coefficient (Wildman–Crippen LogP) is 2.53. The minimum atomic E-state index is 0.640. The molecule has 0 atom stereocenters. The van der Waals surface area contributed by atoms with Crippen LogP contribution in [0.15, 0.2) is 42.5 Å². The molecule has 0 aliphatic carbocycles. The SMILES string of the molecule is COc1cc(-c2ccc(N)cc2)ccc1N. The third-order valence-corrected chi connectivity index (χ3v) is 2.48. The Morgan fingerprint density at radius 1 is 0.875 bits per heavy atom. The molecule has 4 N–H and O–H groups in total. The molecule has 0 amide bonds. The van der Waals surface area contributed by atoms with Gasteiger partial charge in [0.1, 0.15) is 5.75 Å². The first-order valence-corrected chi connectivity index (χ1v) is 5.00. The maximum atomic E-state index is 5.76. The van der Waals surface area contributed by atoms with E-state index in [9.17, 15) is 0 Å². The highest BCUT2D eigenvalue weighted by Gasteiger charge is 2.02. The number of methoxy groups -OCH3 is 1. The van der Waals surface area contributed by atoms with Crippen LogP contribution in [0.5, 0.6) is 5.75 Å². The van der Waals surface area contributed by atoms with Crippen LogP contribution >= 0.6 is 0 Å². The van der Waals surface area contributed by atoms with Crippen molar-refractivity contribution in [3.8, 4) is 16.9 Å². The van der Waals surface area contributed by atoms with E-state index < -0.39 is 0 Å². The van der Waals surface area contributed by atoms with E-state index in [1.54, 1.807) is 7.11 Å². The van der Waals surface area contributed by atoms with E-state index in [2.05, 4.69) is 0 Å². The van der Waals surface area contributed by atoms with Crippen LogP contribution in [0.1, 0.15) is 0 Å². The largest absolute Gasteiger partial charge is 0.495 e. The van der Waals surface area contributed by atoms with Gasteiger partial charge in [-0.1, -0.05) is 18.2 Å². The number of nitrogen functional groups attached to an aromatic ring is 2. The molecule has 3 heteroatoms. The van der Waals surface area contributed by atoms with Gasteiger partial charge >= 0.3 is 0 Å². The molecule has 0 aliphatic rings. The summed E-state index contributed by atoms with van der Waals surface area (Å²) in [6, 6.07) is 13.4. The Morgan fingerprint density at radius 3 is 2.12 bits per heavy atom. The highest BCUT2D eigenvalue weighted by molar-refractivity contribution is 5.70. The summed E-state index contributed by atoms with van der Waals surface area (Å²) >= 11 is 0. The molecule has 82 valence electrons. The number of rotatable bonds is 2. The van der Waals surface area contributed by atoms with Crippen LogP contribution in [-0.2, 0) is 0 Å². The van der Waals surface area contributed by atoms with Gasteiger partial charge in [-0.2, -0.15) is 0 Å². The van der Waals surface area contributed by atoms with Gasteiger partial charge in [-0.25, -0.2) is 0 Å². The van der Waals surface area contributed by atoms with E-state index >= 15 is 0 Å². The smallest absolute Gasteiger partial charge is 0.142 e. The van der Waals surface area contributed by atoms with Crippen molar-refractivity contribution in [3.63, 3.8) is 0 Å². The monoisotopic (exact) mass is 214 g/mol. The fraction of sp³-hybridized carbons (Fsp3) is 0.0769. The fourth-order valence-corrected chi connectivity index (χ4v) is 1.57. The molecule has 2 aromatic carbocycles. The quantitative estimate of drug-likeness (QED) is 0.755. The van der Waals surface area contributed by atoms with Crippen LogP contribution < -0.4 is 16.2 Å². The average molecular weight is 214 g/mol. The summed E-state index contributed by atoms with van der Waals surface area (Å²) in [5, 5.41) is 0. The number of anilines is 2. The van der Waals surface area contributed by atoms with Gasteiger partial charge in [0.05, 0.1) is 12.8 Å². The van der Waals surface area contributed by atoms with Gasteiger partial charge < -0.3 is 16.2 Å². The van der Waals surface area contributed by atoms with Crippen molar-refractivity contribution in [2.45, 2.75) is 0 Å². The molecular weight excluding hydrogens is 200 g/mol. The molecule has 0 unspecified atom stereocenters. The molecule has 0 heterocycles. The number of ether oxygens (including phenoxy) is 1. The van der Waals surface area contributed by atoms with E-state index in [4.69, 9.17) is 16.2 Å². The van der Waals surface area contributed by atoms with Crippen LogP contribution in [0.2, 0.25) is 0 Å². The Balaban J connectivity index is 2.44. The van der Waals surface area contributed by atoms with Crippen molar-refractivity contribution in [2.24, 2.45) is 0 Å². The molecule has 0 saturated heterocycles. The molecule has 0 aliphatic heterocycles. The second-order valence-electron chi connectivity index (χ2n) is 3.58. The highest BCUT2D eigenvalue weighted by Crippen LogP contribution is 2.28. The summed E-state index contributed by atoms with van der Waals surface area (Å²) in [5.41, 5.74) is 14.9. The molecule has 0 radical (unpaired) electrons. The predicted molar refractivity (Wildman–Crippen MR) is 67.3 cm³/mol. The number of nitrogens with two attached hydrogens (primary N) is 2. The van der Waals surface area contributed by atoms with Gasteiger partial charge in [-0.05, 0) is 35.4 Å². The van der Waals surface area contributed by atoms with Gasteiger partial charge in [0.25, 0.3) is 0 Å². The lowest BCUT2D eigenvalue weighted by molar-refractivity contribution is 0.417. The number of hydrogen-bond donors (Lipinski definition) is 2. The minimum absolute atomic E-state index is 0.640. The van der Waals surface area contributed by atoms with Crippen LogP contribution in [0.4, 0.5) is 11.4 Å². The van der Waals surface area contributed by atoms with Crippen molar-refractivity contribution in [3.05, 3.63) is 42.5 Å². The normalized spacial score (nSPS) is 10.1.